The summed E-state index contributed by atoms with van der Waals surface area (Å²) in [5.41, 5.74) is 0.549. The van der Waals surface area contributed by atoms with Crippen LogP contribution >= 0.6 is 0 Å². The molecule has 4 rings (SSSR count). The molecule has 0 heterocycles. The maximum absolute atomic E-state index is 8.81. The highest BCUT2D eigenvalue weighted by molar-refractivity contribution is 5.07. The minimum atomic E-state index is 0.549. The van der Waals surface area contributed by atoms with Gasteiger partial charge in [0.2, 0.25) is 0 Å². The average molecular weight is 229 g/mol. The highest BCUT2D eigenvalue weighted by Crippen LogP contribution is 2.63. The van der Waals surface area contributed by atoms with Gasteiger partial charge in [0, 0.05) is 6.42 Å². The van der Waals surface area contributed by atoms with Crippen LogP contribution in [0.5, 0.6) is 0 Å². The molecule has 4 aliphatic rings. The van der Waals surface area contributed by atoms with Crippen LogP contribution in [0.4, 0.5) is 0 Å². The summed E-state index contributed by atoms with van der Waals surface area (Å²) in [5.74, 6) is 3.62. The number of hydrogen-bond acceptors (Lipinski definition) is 1. The van der Waals surface area contributed by atoms with Crippen LogP contribution < -0.4 is 0 Å². The number of nitrogens with zero attached hydrogens (tertiary/aromatic N) is 1. The topological polar surface area (TPSA) is 23.8 Å². The van der Waals surface area contributed by atoms with E-state index in [2.05, 4.69) is 18.7 Å². The van der Waals surface area contributed by atoms with E-state index < -0.39 is 0 Å². The molecule has 0 aromatic heterocycles. The van der Waals surface area contributed by atoms with Gasteiger partial charge < -0.3 is 0 Å². The first-order chi connectivity index (χ1) is 8.25. The van der Waals surface area contributed by atoms with E-state index in [4.69, 9.17) is 5.26 Å². The highest BCUT2D eigenvalue weighted by atomic mass is 14.6. The van der Waals surface area contributed by atoms with Crippen molar-refractivity contribution in [1.82, 2.24) is 0 Å². The van der Waals surface area contributed by atoms with E-state index in [1.54, 1.807) is 0 Å². The molecule has 0 radical (unpaired) electrons. The van der Waals surface area contributed by atoms with Crippen molar-refractivity contribution >= 4 is 0 Å². The molecule has 1 heteroatoms. The lowest BCUT2D eigenvalue weighted by Crippen LogP contribution is -2.49. The molecule has 1 unspecified atom stereocenters. The van der Waals surface area contributed by atoms with E-state index in [1.165, 1.54) is 38.5 Å². The molecule has 0 N–H and O–H groups in total. The maximum atomic E-state index is 8.81. The average Bonchev–Trinajstić information content (AvgIpc) is 2.27. The Morgan fingerprint density at radius 1 is 1.18 bits per heavy atom. The summed E-state index contributed by atoms with van der Waals surface area (Å²) in [6.07, 6.45) is 12.7. The van der Waals surface area contributed by atoms with Crippen LogP contribution in [-0.2, 0) is 0 Å². The molecule has 1 nitrogen and oxygen atoms in total. The third kappa shape index (κ3) is 1.82. The van der Waals surface area contributed by atoms with Gasteiger partial charge in [-0.25, -0.2) is 0 Å². The summed E-state index contributed by atoms with van der Waals surface area (Å²) in [6, 6.07) is 2.32. The van der Waals surface area contributed by atoms with E-state index >= 15 is 0 Å². The standard InChI is InChI=1S/C16H23N/c1-2-15(4-3-5-17)16-9-12-6-13(10-16)8-14(7-12)11-16/h2,12-15H,1,3-4,6-11H2. The molecule has 4 saturated carbocycles. The van der Waals surface area contributed by atoms with Crippen LogP contribution in [0.3, 0.4) is 0 Å². The molecule has 0 aromatic rings. The molecule has 0 amide bonds. The summed E-state index contributed by atoms with van der Waals surface area (Å²) in [6.45, 7) is 4.06. The predicted octanol–water partition coefficient (Wildman–Crippen LogP) is 4.31. The molecular formula is C16H23N. The van der Waals surface area contributed by atoms with Gasteiger partial charge in [0.1, 0.15) is 0 Å². The Morgan fingerprint density at radius 3 is 2.12 bits per heavy atom. The summed E-state index contributed by atoms with van der Waals surface area (Å²) >= 11 is 0. The number of allylic oxidation sites excluding steroid dienone is 1. The molecule has 0 aliphatic heterocycles. The van der Waals surface area contributed by atoms with E-state index in [-0.39, 0.29) is 0 Å². The van der Waals surface area contributed by atoms with Crippen molar-refractivity contribution in [3.63, 3.8) is 0 Å². The Hall–Kier alpha value is -0.770. The minimum absolute atomic E-state index is 0.549. The highest BCUT2D eigenvalue weighted by Gasteiger charge is 2.53. The van der Waals surface area contributed by atoms with Gasteiger partial charge in [0.05, 0.1) is 6.07 Å². The third-order valence-corrected chi connectivity index (χ3v) is 5.72. The summed E-state index contributed by atoms with van der Waals surface area (Å²) in [5, 5.41) is 8.81. The summed E-state index contributed by atoms with van der Waals surface area (Å²) in [4.78, 5) is 0. The molecule has 0 saturated heterocycles. The minimum Gasteiger partial charge on any atom is -0.198 e. The second-order valence-corrected chi connectivity index (χ2v) is 6.82. The Kier molecular flexibility index (Phi) is 2.77. The molecule has 4 fully saturated rings. The molecule has 1 atom stereocenters. The Bertz CT molecular complexity index is 314. The number of hydrogen-bond donors (Lipinski definition) is 0. The van der Waals surface area contributed by atoms with Crippen molar-refractivity contribution in [3.05, 3.63) is 12.7 Å². The maximum Gasteiger partial charge on any atom is 0.0621 e. The van der Waals surface area contributed by atoms with E-state index in [1.807, 2.05) is 0 Å². The normalized spacial score (nSPS) is 44.3. The molecule has 0 aromatic carbocycles. The van der Waals surface area contributed by atoms with Crippen LogP contribution in [0.2, 0.25) is 0 Å². The van der Waals surface area contributed by atoms with Gasteiger partial charge in [-0.3, -0.25) is 0 Å². The van der Waals surface area contributed by atoms with E-state index in [0.29, 0.717) is 17.8 Å². The molecule has 0 spiro atoms. The fraction of sp³-hybridized carbons (Fsp3) is 0.812. The lowest BCUT2D eigenvalue weighted by Gasteiger charge is -2.59. The van der Waals surface area contributed by atoms with Gasteiger partial charge in [-0.1, -0.05) is 6.08 Å². The lowest BCUT2D eigenvalue weighted by atomic mass is 9.46. The molecule has 92 valence electrons. The Labute approximate surface area is 105 Å². The van der Waals surface area contributed by atoms with Gasteiger partial charge in [0.25, 0.3) is 0 Å². The fourth-order valence-electron chi connectivity index (χ4n) is 5.53. The van der Waals surface area contributed by atoms with Gasteiger partial charge in [0.15, 0.2) is 0 Å². The van der Waals surface area contributed by atoms with Crippen LogP contribution in [0, 0.1) is 40.4 Å². The summed E-state index contributed by atoms with van der Waals surface area (Å²) in [7, 11) is 0. The smallest absolute Gasteiger partial charge is 0.0621 e. The second kappa shape index (κ2) is 4.16. The first-order valence-corrected chi connectivity index (χ1v) is 7.25. The summed E-state index contributed by atoms with van der Waals surface area (Å²) < 4.78 is 0. The van der Waals surface area contributed by atoms with E-state index in [0.717, 1.165) is 24.2 Å². The van der Waals surface area contributed by atoms with Crippen LogP contribution in [-0.4, -0.2) is 0 Å². The SMILES string of the molecule is C=CC(CCC#N)C12CC3CC(CC(C3)C1)C2. The van der Waals surface area contributed by atoms with Gasteiger partial charge in [-0.05, 0) is 74.0 Å². The quantitative estimate of drug-likeness (QED) is 0.659. The first-order valence-electron chi connectivity index (χ1n) is 7.25. The Morgan fingerprint density at radius 2 is 1.71 bits per heavy atom. The second-order valence-electron chi connectivity index (χ2n) is 6.82. The molecule has 4 aliphatic carbocycles. The predicted molar refractivity (Wildman–Crippen MR) is 69.1 cm³/mol. The van der Waals surface area contributed by atoms with Crippen molar-refractivity contribution in [2.24, 2.45) is 29.1 Å². The Balaban J connectivity index is 1.80. The lowest BCUT2D eigenvalue weighted by molar-refractivity contribution is -0.0775. The molecule has 4 bridgehead atoms. The third-order valence-electron chi connectivity index (χ3n) is 5.72. The van der Waals surface area contributed by atoms with Crippen molar-refractivity contribution in [2.75, 3.05) is 0 Å². The van der Waals surface area contributed by atoms with Gasteiger partial charge in [-0.15, -0.1) is 6.58 Å². The van der Waals surface area contributed by atoms with Crippen molar-refractivity contribution < 1.29 is 0 Å². The molecular weight excluding hydrogens is 206 g/mol. The van der Waals surface area contributed by atoms with Crippen molar-refractivity contribution in [1.29, 1.82) is 5.26 Å². The first kappa shape index (κ1) is 11.3. The van der Waals surface area contributed by atoms with E-state index in [9.17, 15) is 0 Å². The van der Waals surface area contributed by atoms with Gasteiger partial charge in [-0.2, -0.15) is 5.26 Å². The fourth-order valence-corrected chi connectivity index (χ4v) is 5.53. The monoisotopic (exact) mass is 229 g/mol. The largest absolute Gasteiger partial charge is 0.198 e. The number of nitriles is 1. The van der Waals surface area contributed by atoms with Crippen LogP contribution in [0.1, 0.15) is 51.4 Å². The molecule has 17 heavy (non-hydrogen) atoms. The van der Waals surface area contributed by atoms with Crippen LogP contribution in [0.15, 0.2) is 12.7 Å². The van der Waals surface area contributed by atoms with Crippen LogP contribution in [0.25, 0.3) is 0 Å². The van der Waals surface area contributed by atoms with Crippen molar-refractivity contribution in [3.8, 4) is 6.07 Å². The zero-order valence-electron chi connectivity index (χ0n) is 10.7. The number of rotatable bonds is 4. The van der Waals surface area contributed by atoms with Crippen molar-refractivity contribution in [2.45, 2.75) is 51.4 Å². The zero-order chi connectivity index (χ0) is 11.9. The van der Waals surface area contributed by atoms with Gasteiger partial charge >= 0.3 is 0 Å². The zero-order valence-corrected chi connectivity index (χ0v) is 10.7.